The fraction of sp³-hybridized carbons (Fsp3) is 0.455. The zero-order chi connectivity index (χ0) is 12.5. The largest absolute Gasteiger partial charge is 0.372 e. The Kier molecular flexibility index (Phi) is 3.26. The minimum absolute atomic E-state index is 0.537. The molecule has 6 heteroatoms. The van der Waals surface area contributed by atoms with Crippen LogP contribution >= 0.6 is 0 Å². The second-order valence-corrected chi connectivity index (χ2v) is 5.63. The molecule has 0 radical (unpaired) electrons. The Labute approximate surface area is 102 Å². The summed E-state index contributed by atoms with van der Waals surface area (Å²) in [5.41, 5.74) is 2.55. The maximum atomic E-state index is 11.0. The molecule has 0 atom stereocenters. The van der Waals surface area contributed by atoms with Gasteiger partial charge in [0.2, 0.25) is 0 Å². The molecule has 1 aliphatic rings. The van der Waals surface area contributed by atoms with Gasteiger partial charge < -0.3 is 4.90 Å². The van der Waals surface area contributed by atoms with Crippen molar-refractivity contribution < 1.29 is 8.42 Å². The fourth-order valence-electron chi connectivity index (χ4n) is 2.09. The van der Waals surface area contributed by atoms with Crippen LogP contribution in [0.2, 0.25) is 0 Å². The molecule has 94 valence electrons. The molecule has 0 amide bonds. The summed E-state index contributed by atoms with van der Waals surface area (Å²) in [4.78, 5) is 2.30. The smallest absolute Gasteiger partial charge is 0.296 e. The Morgan fingerprint density at radius 2 is 1.94 bits per heavy atom. The van der Waals surface area contributed by atoms with Crippen molar-refractivity contribution in [2.24, 2.45) is 5.14 Å². The number of nitrogens with zero attached hydrogens (tertiary/aromatic N) is 1. The number of hydrogen-bond acceptors (Lipinski definition) is 3. The standard InChI is InChI=1S/C11H17N3O2S/c1-9-8-10(14-6-2-3-7-14)4-5-11(9)13-17(12,15)16/h4-5,8,13H,2-3,6-7H2,1H3,(H2,12,15,16). The minimum atomic E-state index is -3.70. The van der Waals surface area contributed by atoms with E-state index in [0.717, 1.165) is 24.3 Å². The van der Waals surface area contributed by atoms with Gasteiger partial charge in [0.15, 0.2) is 0 Å². The van der Waals surface area contributed by atoms with E-state index in [9.17, 15) is 8.42 Å². The molecular formula is C11H17N3O2S. The predicted molar refractivity (Wildman–Crippen MR) is 69.4 cm³/mol. The van der Waals surface area contributed by atoms with E-state index < -0.39 is 10.2 Å². The average Bonchev–Trinajstić information content (AvgIpc) is 2.72. The van der Waals surface area contributed by atoms with Crippen molar-refractivity contribution in [2.45, 2.75) is 19.8 Å². The minimum Gasteiger partial charge on any atom is -0.372 e. The van der Waals surface area contributed by atoms with Crippen LogP contribution in [0.4, 0.5) is 11.4 Å². The van der Waals surface area contributed by atoms with Gasteiger partial charge in [-0.3, -0.25) is 4.72 Å². The van der Waals surface area contributed by atoms with Crippen molar-refractivity contribution >= 4 is 21.6 Å². The predicted octanol–water partition coefficient (Wildman–Crippen LogP) is 1.21. The van der Waals surface area contributed by atoms with Crippen molar-refractivity contribution in [3.8, 4) is 0 Å². The summed E-state index contributed by atoms with van der Waals surface area (Å²) in [6.45, 7) is 4.01. The lowest BCUT2D eigenvalue weighted by Gasteiger charge is -2.19. The molecule has 0 bridgehead atoms. The third-order valence-corrected chi connectivity index (χ3v) is 3.44. The lowest BCUT2D eigenvalue weighted by Crippen LogP contribution is -2.22. The second kappa shape index (κ2) is 4.54. The summed E-state index contributed by atoms with van der Waals surface area (Å²) in [5.74, 6) is 0. The van der Waals surface area contributed by atoms with Gasteiger partial charge in [-0.1, -0.05) is 0 Å². The lowest BCUT2D eigenvalue weighted by atomic mass is 10.2. The highest BCUT2D eigenvalue weighted by Gasteiger charge is 2.13. The zero-order valence-electron chi connectivity index (χ0n) is 9.81. The SMILES string of the molecule is Cc1cc(N2CCCC2)ccc1NS(N)(=O)=O. The highest BCUT2D eigenvalue weighted by Crippen LogP contribution is 2.25. The van der Waals surface area contributed by atoms with Crippen LogP contribution in [0.1, 0.15) is 18.4 Å². The molecule has 0 aromatic heterocycles. The molecule has 17 heavy (non-hydrogen) atoms. The third-order valence-electron chi connectivity index (χ3n) is 2.93. The van der Waals surface area contributed by atoms with Gasteiger partial charge in [-0.25, -0.2) is 5.14 Å². The molecular weight excluding hydrogens is 238 g/mol. The summed E-state index contributed by atoms with van der Waals surface area (Å²) in [5, 5.41) is 4.95. The van der Waals surface area contributed by atoms with Crippen LogP contribution in [-0.4, -0.2) is 21.5 Å². The Morgan fingerprint density at radius 3 is 2.47 bits per heavy atom. The Morgan fingerprint density at radius 1 is 1.29 bits per heavy atom. The second-order valence-electron chi connectivity index (χ2n) is 4.34. The van der Waals surface area contributed by atoms with E-state index in [2.05, 4.69) is 9.62 Å². The molecule has 2 rings (SSSR count). The third kappa shape index (κ3) is 3.10. The highest BCUT2D eigenvalue weighted by molar-refractivity contribution is 7.90. The van der Waals surface area contributed by atoms with Crippen LogP contribution in [0.5, 0.6) is 0 Å². The number of nitrogens with two attached hydrogens (primary N) is 1. The number of rotatable bonds is 3. The first-order valence-electron chi connectivity index (χ1n) is 5.62. The van der Waals surface area contributed by atoms with E-state index in [4.69, 9.17) is 5.14 Å². The maximum Gasteiger partial charge on any atom is 0.296 e. The lowest BCUT2D eigenvalue weighted by molar-refractivity contribution is 0.603. The van der Waals surface area contributed by atoms with Gasteiger partial charge in [-0.2, -0.15) is 8.42 Å². The first-order chi connectivity index (χ1) is 7.96. The van der Waals surface area contributed by atoms with Crippen LogP contribution < -0.4 is 14.8 Å². The quantitative estimate of drug-likeness (QED) is 0.852. The average molecular weight is 255 g/mol. The van der Waals surface area contributed by atoms with E-state index >= 15 is 0 Å². The number of benzene rings is 1. The summed E-state index contributed by atoms with van der Waals surface area (Å²) < 4.78 is 24.2. The summed E-state index contributed by atoms with van der Waals surface area (Å²) in [6, 6.07) is 5.66. The fourth-order valence-corrected chi connectivity index (χ4v) is 2.62. The van der Waals surface area contributed by atoms with Crippen LogP contribution in [0.3, 0.4) is 0 Å². The number of nitrogens with one attached hydrogen (secondary N) is 1. The topological polar surface area (TPSA) is 75.4 Å². The molecule has 5 nitrogen and oxygen atoms in total. The Bertz CT molecular complexity index is 507. The van der Waals surface area contributed by atoms with Gasteiger partial charge in [-0.15, -0.1) is 0 Å². The number of hydrogen-bond donors (Lipinski definition) is 2. The Hall–Kier alpha value is -1.27. The molecule has 3 N–H and O–H groups in total. The van der Waals surface area contributed by atoms with Crippen LogP contribution in [0.25, 0.3) is 0 Å². The van der Waals surface area contributed by atoms with E-state index in [-0.39, 0.29) is 0 Å². The first-order valence-corrected chi connectivity index (χ1v) is 7.16. The number of aryl methyl sites for hydroxylation is 1. The molecule has 1 saturated heterocycles. The summed E-state index contributed by atoms with van der Waals surface area (Å²) in [6.07, 6.45) is 2.44. The zero-order valence-corrected chi connectivity index (χ0v) is 10.6. The van der Waals surface area contributed by atoms with E-state index in [1.165, 1.54) is 12.8 Å². The van der Waals surface area contributed by atoms with Crippen molar-refractivity contribution in [1.29, 1.82) is 0 Å². The first kappa shape index (κ1) is 12.2. The molecule has 1 aromatic rings. The molecule has 1 aliphatic heterocycles. The highest BCUT2D eigenvalue weighted by atomic mass is 32.2. The van der Waals surface area contributed by atoms with Gasteiger partial charge in [0.25, 0.3) is 10.2 Å². The van der Waals surface area contributed by atoms with Gasteiger partial charge in [-0.05, 0) is 43.5 Å². The van der Waals surface area contributed by atoms with Gasteiger partial charge in [0, 0.05) is 18.8 Å². The summed E-state index contributed by atoms with van der Waals surface area (Å²) >= 11 is 0. The number of anilines is 2. The van der Waals surface area contributed by atoms with Crippen LogP contribution in [0, 0.1) is 6.92 Å². The molecule has 0 spiro atoms. The summed E-state index contributed by atoms with van der Waals surface area (Å²) in [7, 11) is -3.70. The van der Waals surface area contributed by atoms with Crippen molar-refractivity contribution in [3.05, 3.63) is 23.8 Å². The van der Waals surface area contributed by atoms with E-state index in [1.807, 2.05) is 19.1 Å². The van der Waals surface area contributed by atoms with Crippen molar-refractivity contribution in [1.82, 2.24) is 0 Å². The monoisotopic (exact) mass is 255 g/mol. The van der Waals surface area contributed by atoms with Gasteiger partial charge >= 0.3 is 0 Å². The Balaban J connectivity index is 2.22. The maximum absolute atomic E-state index is 11.0. The molecule has 0 saturated carbocycles. The van der Waals surface area contributed by atoms with Gasteiger partial charge in [0.05, 0.1) is 5.69 Å². The molecule has 0 unspecified atom stereocenters. The molecule has 1 fully saturated rings. The molecule has 1 heterocycles. The van der Waals surface area contributed by atoms with Crippen LogP contribution in [0.15, 0.2) is 18.2 Å². The molecule has 0 aliphatic carbocycles. The van der Waals surface area contributed by atoms with Gasteiger partial charge in [0.1, 0.15) is 0 Å². The van der Waals surface area contributed by atoms with Crippen LogP contribution in [-0.2, 0) is 10.2 Å². The van der Waals surface area contributed by atoms with E-state index in [0.29, 0.717) is 5.69 Å². The van der Waals surface area contributed by atoms with Crippen molar-refractivity contribution in [2.75, 3.05) is 22.7 Å². The van der Waals surface area contributed by atoms with Crippen molar-refractivity contribution in [3.63, 3.8) is 0 Å². The van der Waals surface area contributed by atoms with E-state index in [1.54, 1.807) is 6.07 Å². The normalized spacial score (nSPS) is 16.2. The molecule has 1 aromatic carbocycles.